The van der Waals surface area contributed by atoms with Gasteiger partial charge in [0.25, 0.3) is 0 Å². The molecule has 2 rings (SSSR count). The van der Waals surface area contributed by atoms with Crippen molar-refractivity contribution >= 4 is 0 Å². The van der Waals surface area contributed by atoms with E-state index in [0.717, 1.165) is 34.9 Å². The predicted molar refractivity (Wildman–Crippen MR) is 75.0 cm³/mol. The van der Waals surface area contributed by atoms with Crippen molar-refractivity contribution < 1.29 is 5.11 Å². The second-order valence-electron chi connectivity index (χ2n) is 4.94. The summed E-state index contributed by atoms with van der Waals surface area (Å²) >= 11 is 0. The van der Waals surface area contributed by atoms with Crippen LogP contribution in [0.2, 0.25) is 0 Å². The van der Waals surface area contributed by atoms with Crippen LogP contribution in [0.4, 0.5) is 0 Å². The fourth-order valence-electron chi connectivity index (χ4n) is 2.39. The van der Waals surface area contributed by atoms with Crippen LogP contribution in [-0.4, -0.2) is 19.9 Å². The molecule has 0 aromatic carbocycles. The number of rotatable bonds is 4. The van der Waals surface area contributed by atoms with E-state index in [1.165, 1.54) is 0 Å². The van der Waals surface area contributed by atoms with Gasteiger partial charge in [-0.1, -0.05) is 6.07 Å². The molecule has 2 aromatic rings. The molecule has 0 saturated carbocycles. The summed E-state index contributed by atoms with van der Waals surface area (Å²) in [4.78, 5) is 4.40. The van der Waals surface area contributed by atoms with Crippen LogP contribution in [0.5, 0.6) is 0 Å². The van der Waals surface area contributed by atoms with Crippen molar-refractivity contribution in [3.63, 3.8) is 0 Å². The first-order chi connectivity index (χ1) is 9.01. The molecule has 1 unspecified atom stereocenters. The maximum atomic E-state index is 10.4. The summed E-state index contributed by atoms with van der Waals surface area (Å²) in [6.07, 6.45) is 0.0368. The molecule has 4 nitrogen and oxygen atoms in total. The maximum Gasteiger partial charge on any atom is 0.0862 e. The van der Waals surface area contributed by atoms with Gasteiger partial charge in [-0.15, -0.1) is 0 Å². The van der Waals surface area contributed by atoms with Gasteiger partial charge in [0.1, 0.15) is 0 Å². The summed E-state index contributed by atoms with van der Waals surface area (Å²) in [7, 11) is 0. The lowest BCUT2D eigenvalue weighted by molar-refractivity contribution is 0.174. The number of aryl methyl sites for hydroxylation is 4. The molecular formula is C15H21N3O. The first-order valence-corrected chi connectivity index (χ1v) is 6.66. The first-order valence-electron chi connectivity index (χ1n) is 6.66. The van der Waals surface area contributed by atoms with Crippen LogP contribution in [0.25, 0.3) is 0 Å². The number of hydrogen-bond donors (Lipinski definition) is 1. The van der Waals surface area contributed by atoms with E-state index >= 15 is 0 Å². The lowest BCUT2D eigenvalue weighted by Crippen LogP contribution is -2.10. The Labute approximate surface area is 114 Å². The van der Waals surface area contributed by atoms with Gasteiger partial charge < -0.3 is 5.11 Å². The third-order valence-electron chi connectivity index (χ3n) is 3.31. The van der Waals surface area contributed by atoms with Crippen molar-refractivity contribution in [1.82, 2.24) is 14.8 Å². The number of aromatic nitrogens is 3. The van der Waals surface area contributed by atoms with Crippen LogP contribution < -0.4 is 0 Å². The van der Waals surface area contributed by atoms with Crippen LogP contribution >= 0.6 is 0 Å². The molecule has 2 heterocycles. The Balaban J connectivity index is 2.22. The van der Waals surface area contributed by atoms with Crippen LogP contribution in [0.3, 0.4) is 0 Å². The highest BCUT2D eigenvalue weighted by atomic mass is 16.3. The van der Waals surface area contributed by atoms with Gasteiger partial charge in [-0.25, -0.2) is 0 Å². The molecule has 0 fully saturated rings. The fraction of sp³-hybridized carbons (Fsp3) is 0.467. The Morgan fingerprint density at radius 3 is 2.58 bits per heavy atom. The molecule has 0 aliphatic carbocycles. The van der Waals surface area contributed by atoms with E-state index in [-0.39, 0.29) is 0 Å². The second kappa shape index (κ2) is 5.53. The molecule has 0 saturated heterocycles. The van der Waals surface area contributed by atoms with Crippen molar-refractivity contribution in [2.75, 3.05) is 0 Å². The second-order valence-corrected chi connectivity index (χ2v) is 4.94. The molecule has 19 heavy (non-hydrogen) atoms. The molecule has 0 spiro atoms. The Bertz CT molecular complexity index is 575. The standard InChI is InChI=1S/C15H21N3O/c1-5-18-13(8-11(3)17-18)9-15(19)14-7-6-10(2)16-12(14)4/h6-8,15,19H,5,9H2,1-4H3. The Morgan fingerprint density at radius 2 is 1.95 bits per heavy atom. The normalized spacial score (nSPS) is 12.7. The molecule has 1 atom stereocenters. The third-order valence-corrected chi connectivity index (χ3v) is 3.31. The Kier molecular flexibility index (Phi) is 4.00. The zero-order valence-electron chi connectivity index (χ0n) is 12.0. The van der Waals surface area contributed by atoms with E-state index in [2.05, 4.69) is 17.0 Å². The van der Waals surface area contributed by atoms with Gasteiger partial charge in [-0.3, -0.25) is 9.67 Å². The van der Waals surface area contributed by atoms with Crippen LogP contribution in [0, 0.1) is 20.8 Å². The minimum Gasteiger partial charge on any atom is -0.388 e. The van der Waals surface area contributed by atoms with E-state index in [1.807, 2.05) is 43.7 Å². The van der Waals surface area contributed by atoms with E-state index in [9.17, 15) is 5.11 Å². The van der Waals surface area contributed by atoms with Crippen LogP contribution in [0.1, 0.15) is 41.4 Å². The van der Waals surface area contributed by atoms with Gasteiger partial charge in [0.05, 0.1) is 11.8 Å². The smallest absolute Gasteiger partial charge is 0.0862 e. The SMILES string of the molecule is CCn1nc(C)cc1CC(O)c1ccc(C)nc1C. The fourth-order valence-corrected chi connectivity index (χ4v) is 2.39. The average molecular weight is 259 g/mol. The number of hydrogen-bond acceptors (Lipinski definition) is 3. The Hall–Kier alpha value is -1.68. The van der Waals surface area contributed by atoms with Crippen molar-refractivity contribution in [2.45, 2.75) is 46.8 Å². The van der Waals surface area contributed by atoms with Gasteiger partial charge in [0.2, 0.25) is 0 Å². The average Bonchev–Trinajstić information content (AvgIpc) is 2.69. The molecule has 0 amide bonds. The largest absolute Gasteiger partial charge is 0.388 e. The lowest BCUT2D eigenvalue weighted by Gasteiger charge is -2.14. The monoisotopic (exact) mass is 259 g/mol. The van der Waals surface area contributed by atoms with Crippen molar-refractivity contribution in [1.29, 1.82) is 0 Å². The summed E-state index contributed by atoms with van der Waals surface area (Å²) in [5.74, 6) is 0. The van der Waals surface area contributed by atoms with Crippen molar-refractivity contribution in [2.24, 2.45) is 0 Å². The number of aliphatic hydroxyl groups excluding tert-OH is 1. The summed E-state index contributed by atoms with van der Waals surface area (Å²) in [5.41, 5.74) is 4.82. The zero-order chi connectivity index (χ0) is 14.0. The Morgan fingerprint density at radius 1 is 1.21 bits per heavy atom. The minimum atomic E-state index is -0.533. The van der Waals surface area contributed by atoms with E-state index in [0.29, 0.717) is 6.42 Å². The molecule has 0 radical (unpaired) electrons. The molecule has 2 aromatic heterocycles. The van der Waals surface area contributed by atoms with Gasteiger partial charge >= 0.3 is 0 Å². The van der Waals surface area contributed by atoms with E-state index in [4.69, 9.17) is 0 Å². The number of aliphatic hydroxyl groups is 1. The lowest BCUT2D eigenvalue weighted by atomic mass is 10.0. The highest BCUT2D eigenvalue weighted by Crippen LogP contribution is 2.21. The first kappa shape index (κ1) is 13.7. The van der Waals surface area contributed by atoms with Crippen molar-refractivity contribution in [3.8, 4) is 0 Å². The van der Waals surface area contributed by atoms with Crippen molar-refractivity contribution in [3.05, 3.63) is 46.5 Å². The minimum absolute atomic E-state index is 0.533. The summed E-state index contributed by atoms with van der Waals surface area (Å²) in [5, 5.41) is 14.8. The molecule has 0 aliphatic rings. The molecule has 0 aliphatic heterocycles. The van der Waals surface area contributed by atoms with E-state index in [1.54, 1.807) is 0 Å². The highest BCUT2D eigenvalue weighted by Gasteiger charge is 2.15. The predicted octanol–water partition coefficient (Wildman–Crippen LogP) is 2.50. The molecule has 102 valence electrons. The quantitative estimate of drug-likeness (QED) is 0.917. The van der Waals surface area contributed by atoms with Gasteiger partial charge in [-0.05, 0) is 39.8 Å². The molecule has 4 heteroatoms. The molecule has 1 N–H and O–H groups in total. The summed E-state index contributed by atoms with van der Waals surface area (Å²) < 4.78 is 1.94. The summed E-state index contributed by atoms with van der Waals surface area (Å²) in [6.45, 7) is 8.75. The van der Waals surface area contributed by atoms with Gasteiger partial charge in [-0.2, -0.15) is 5.10 Å². The third kappa shape index (κ3) is 3.01. The molecule has 0 bridgehead atoms. The highest BCUT2D eigenvalue weighted by molar-refractivity contribution is 5.25. The number of nitrogens with zero attached hydrogens (tertiary/aromatic N) is 3. The van der Waals surface area contributed by atoms with Crippen LogP contribution in [0.15, 0.2) is 18.2 Å². The topological polar surface area (TPSA) is 50.9 Å². The van der Waals surface area contributed by atoms with Gasteiger partial charge in [0, 0.05) is 35.6 Å². The zero-order valence-corrected chi connectivity index (χ0v) is 12.0. The maximum absolute atomic E-state index is 10.4. The number of pyridine rings is 1. The van der Waals surface area contributed by atoms with Gasteiger partial charge in [0.15, 0.2) is 0 Å². The van der Waals surface area contributed by atoms with E-state index < -0.39 is 6.10 Å². The molecular weight excluding hydrogens is 238 g/mol. The van der Waals surface area contributed by atoms with Crippen LogP contribution in [-0.2, 0) is 13.0 Å². The summed E-state index contributed by atoms with van der Waals surface area (Å²) in [6, 6.07) is 5.93.